The van der Waals surface area contributed by atoms with Gasteiger partial charge in [0.1, 0.15) is 11.3 Å². The molecular weight excluding hydrogens is 463 g/mol. The van der Waals surface area contributed by atoms with Gasteiger partial charge in [0, 0.05) is 18.7 Å². The summed E-state index contributed by atoms with van der Waals surface area (Å²) in [6.07, 6.45) is 0. The van der Waals surface area contributed by atoms with E-state index in [4.69, 9.17) is 9.94 Å². The maximum absolute atomic E-state index is 14.3. The summed E-state index contributed by atoms with van der Waals surface area (Å²) in [5.41, 5.74) is 0.808. The molecule has 0 heterocycles. The molecule has 0 aliphatic rings. The van der Waals surface area contributed by atoms with E-state index in [0.717, 1.165) is 4.90 Å². The quantitative estimate of drug-likeness (QED) is 0.173. The zero-order chi connectivity index (χ0) is 25.0. The van der Waals surface area contributed by atoms with Crippen LogP contribution in [0.25, 0.3) is 0 Å². The average molecular weight is 480 g/mol. The van der Waals surface area contributed by atoms with E-state index in [2.05, 4.69) is 0 Å². The van der Waals surface area contributed by atoms with Crippen molar-refractivity contribution >= 4 is 11.8 Å². The van der Waals surface area contributed by atoms with Gasteiger partial charge in [-0.05, 0) is 35.4 Å². The molecule has 0 bridgehead atoms. The van der Waals surface area contributed by atoms with E-state index in [0.29, 0.717) is 16.9 Å². The molecule has 0 spiro atoms. The van der Waals surface area contributed by atoms with Crippen LogP contribution in [0, 0.1) is 29.1 Å². The Bertz CT molecular complexity index is 1190. The highest BCUT2D eigenvalue weighted by Crippen LogP contribution is 2.26. The van der Waals surface area contributed by atoms with E-state index in [1.54, 1.807) is 24.3 Å². The second-order valence-corrected chi connectivity index (χ2v) is 7.09. The van der Waals surface area contributed by atoms with Crippen molar-refractivity contribution in [2.75, 3.05) is 7.11 Å². The smallest absolute Gasteiger partial charge is 0.274 e. The Labute approximate surface area is 190 Å². The Hall–Kier alpha value is -3.99. The number of hydrogen-bond donors (Lipinski definition) is 2. The second kappa shape index (κ2) is 10.3. The minimum atomic E-state index is -2.37. The van der Waals surface area contributed by atoms with Gasteiger partial charge in [0.15, 0.2) is 23.3 Å². The normalized spacial score (nSPS) is 10.7. The Morgan fingerprint density at radius 2 is 1.24 bits per heavy atom. The lowest BCUT2D eigenvalue weighted by Gasteiger charge is -2.24. The first kappa shape index (κ1) is 24.6. The summed E-state index contributed by atoms with van der Waals surface area (Å²) in [6, 6.07) is 11.7. The molecule has 2 amide bonds. The standard InChI is InChI=1S/C23H17F5N2O4/c1-34-15-8-4-13(5-9-15)11-30(10-12-2-6-14(7-3-12)22(31)29-33)23(32)16-17(24)19(26)21(28)20(27)18(16)25/h2-9,33H,10-11H2,1H3,(H,29,31). The molecule has 3 aromatic carbocycles. The fraction of sp³-hybridized carbons (Fsp3) is 0.130. The lowest BCUT2D eigenvalue weighted by molar-refractivity contribution is 0.0701. The van der Waals surface area contributed by atoms with Gasteiger partial charge in [0.25, 0.3) is 11.8 Å². The molecule has 6 nitrogen and oxygen atoms in total. The minimum absolute atomic E-state index is 0.0825. The van der Waals surface area contributed by atoms with Crippen molar-refractivity contribution in [2.45, 2.75) is 13.1 Å². The number of methoxy groups -OCH3 is 1. The first-order chi connectivity index (χ1) is 16.2. The van der Waals surface area contributed by atoms with Crippen LogP contribution in [-0.2, 0) is 13.1 Å². The Kier molecular flexibility index (Phi) is 7.47. The number of halogens is 5. The van der Waals surface area contributed by atoms with Crippen LogP contribution in [-0.4, -0.2) is 29.0 Å². The number of carbonyl (C=O) groups is 2. The second-order valence-electron chi connectivity index (χ2n) is 7.09. The number of benzene rings is 3. The molecule has 0 radical (unpaired) electrons. The van der Waals surface area contributed by atoms with Gasteiger partial charge < -0.3 is 9.64 Å². The molecule has 0 saturated heterocycles. The highest BCUT2D eigenvalue weighted by Gasteiger charge is 2.32. The molecular formula is C23H17F5N2O4. The van der Waals surface area contributed by atoms with Crippen LogP contribution in [0.5, 0.6) is 5.75 Å². The van der Waals surface area contributed by atoms with Crippen molar-refractivity contribution in [3.05, 3.63) is 99.9 Å². The predicted molar refractivity (Wildman–Crippen MR) is 108 cm³/mol. The van der Waals surface area contributed by atoms with Gasteiger partial charge in [-0.3, -0.25) is 14.8 Å². The molecule has 34 heavy (non-hydrogen) atoms. The SMILES string of the molecule is COc1ccc(CN(Cc2ccc(C(=O)NO)cc2)C(=O)c2c(F)c(F)c(F)c(F)c2F)cc1. The van der Waals surface area contributed by atoms with Crippen molar-refractivity contribution in [1.29, 1.82) is 0 Å². The summed E-state index contributed by atoms with van der Waals surface area (Å²) in [4.78, 5) is 25.4. The van der Waals surface area contributed by atoms with Crippen LogP contribution in [0.2, 0.25) is 0 Å². The predicted octanol–water partition coefficient (Wildman–Crippen LogP) is 4.35. The molecule has 178 valence electrons. The lowest BCUT2D eigenvalue weighted by Crippen LogP contribution is -2.32. The van der Waals surface area contributed by atoms with Gasteiger partial charge in [0.2, 0.25) is 5.82 Å². The molecule has 0 fully saturated rings. The molecule has 2 N–H and O–H groups in total. The molecule has 11 heteroatoms. The Morgan fingerprint density at radius 3 is 1.68 bits per heavy atom. The number of hydrogen-bond acceptors (Lipinski definition) is 4. The van der Waals surface area contributed by atoms with Gasteiger partial charge in [0.05, 0.1) is 7.11 Å². The fourth-order valence-electron chi connectivity index (χ4n) is 3.15. The van der Waals surface area contributed by atoms with Crippen LogP contribution in [0.1, 0.15) is 31.8 Å². The summed E-state index contributed by atoms with van der Waals surface area (Å²) in [5.74, 6) is -13.0. The van der Waals surface area contributed by atoms with Crippen molar-refractivity contribution in [2.24, 2.45) is 0 Å². The van der Waals surface area contributed by atoms with E-state index >= 15 is 0 Å². The van der Waals surface area contributed by atoms with Crippen molar-refractivity contribution in [3.8, 4) is 5.75 Å². The van der Waals surface area contributed by atoms with Crippen molar-refractivity contribution in [1.82, 2.24) is 10.4 Å². The van der Waals surface area contributed by atoms with Crippen LogP contribution in [0.3, 0.4) is 0 Å². The number of nitrogens with zero attached hydrogens (tertiary/aromatic N) is 1. The number of ether oxygens (including phenoxy) is 1. The Balaban J connectivity index is 2.00. The lowest BCUT2D eigenvalue weighted by atomic mass is 10.1. The van der Waals surface area contributed by atoms with Crippen LogP contribution in [0.4, 0.5) is 22.0 Å². The van der Waals surface area contributed by atoms with Crippen molar-refractivity contribution < 1.29 is 41.5 Å². The Morgan fingerprint density at radius 1 is 0.794 bits per heavy atom. The molecule has 0 atom stereocenters. The largest absolute Gasteiger partial charge is 0.497 e. The molecule has 0 saturated carbocycles. The molecule has 0 aromatic heterocycles. The highest BCUT2D eigenvalue weighted by molar-refractivity contribution is 5.95. The van der Waals surface area contributed by atoms with Crippen LogP contribution in [0.15, 0.2) is 48.5 Å². The zero-order valence-electron chi connectivity index (χ0n) is 17.5. The highest BCUT2D eigenvalue weighted by atomic mass is 19.2. The number of amides is 2. The minimum Gasteiger partial charge on any atom is -0.497 e. The van der Waals surface area contributed by atoms with Gasteiger partial charge in [-0.1, -0.05) is 24.3 Å². The molecule has 3 rings (SSSR count). The van der Waals surface area contributed by atoms with Gasteiger partial charge in [-0.2, -0.15) is 0 Å². The molecule has 3 aromatic rings. The third-order valence-electron chi connectivity index (χ3n) is 4.93. The summed E-state index contributed by atoms with van der Waals surface area (Å²) in [7, 11) is 1.44. The van der Waals surface area contributed by atoms with Crippen LogP contribution >= 0.6 is 0 Å². The van der Waals surface area contributed by atoms with Crippen molar-refractivity contribution in [3.63, 3.8) is 0 Å². The number of nitrogens with one attached hydrogen (secondary N) is 1. The van der Waals surface area contributed by atoms with Gasteiger partial charge in [-0.25, -0.2) is 27.4 Å². The average Bonchev–Trinajstić information content (AvgIpc) is 2.86. The zero-order valence-corrected chi connectivity index (χ0v) is 17.5. The molecule has 0 aliphatic heterocycles. The van der Waals surface area contributed by atoms with E-state index in [1.807, 2.05) is 0 Å². The fourth-order valence-corrected chi connectivity index (χ4v) is 3.15. The van der Waals surface area contributed by atoms with E-state index < -0.39 is 46.5 Å². The topological polar surface area (TPSA) is 78.9 Å². The summed E-state index contributed by atoms with van der Waals surface area (Å²) in [6.45, 7) is -0.549. The third kappa shape index (κ3) is 4.99. The summed E-state index contributed by atoms with van der Waals surface area (Å²) in [5, 5.41) is 8.70. The monoisotopic (exact) mass is 480 g/mol. The third-order valence-corrected chi connectivity index (χ3v) is 4.93. The maximum Gasteiger partial charge on any atom is 0.274 e. The number of hydroxylamine groups is 1. The van der Waals surface area contributed by atoms with Crippen LogP contribution < -0.4 is 10.2 Å². The van der Waals surface area contributed by atoms with E-state index in [9.17, 15) is 31.5 Å². The van der Waals surface area contributed by atoms with E-state index in [-0.39, 0.29) is 18.7 Å². The maximum atomic E-state index is 14.3. The van der Waals surface area contributed by atoms with E-state index in [1.165, 1.54) is 36.9 Å². The number of carbonyl (C=O) groups excluding carboxylic acids is 2. The molecule has 0 aliphatic carbocycles. The first-order valence-electron chi connectivity index (χ1n) is 9.65. The first-order valence-corrected chi connectivity index (χ1v) is 9.65. The summed E-state index contributed by atoms with van der Waals surface area (Å²) < 4.78 is 74.6. The molecule has 0 unspecified atom stereocenters. The van der Waals surface area contributed by atoms with Gasteiger partial charge in [-0.15, -0.1) is 0 Å². The summed E-state index contributed by atoms with van der Waals surface area (Å²) >= 11 is 0. The van der Waals surface area contributed by atoms with Gasteiger partial charge >= 0.3 is 0 Å². The number of rotatable bonds is 7.